The lowest BCUT2D eigenvalue weighted by atomic mass is 9.97. The highest BCUT2D eigenvalue weighted by atomic mass is 15.3. The molecule has 5 nitrogen and oxygen atoms in total. The fourth-order valence-corrected chi connectivity index (χ4v) is 3.65. The third kappa shape index (κ3) is 6.38. The van der Waals surface area contributed by atoms with E-state index in [0.29, 0.717) is 5.92 Å². The van der Waals surface area contributed by atoms with Gasteiger partial charge in [-0.1, -0.05) is 13.8 Å². The van der Waals surface area contributed by atoms with Crippen LogP contribution in [-0.2, 0) is 13.6 Å². The molecule has 1 N–H and O–H groups in total. The molecule has 0 saturated carbocycles. The normalized spacial score (nSPS) is 19.4. The molecule has 1 unspecified atom stereocenters. The number of aliphatic imine (C=N–C) groups is 1. The van der Waals surface area contributed by atoms with Crippen LogP contribution in [0.3, 0.4) is 0 Å². The van der Waals surface area contributed by atoms with Gasteiger partial charge < -0.3 is 19.7 Å². The lowest BCUT2D eigenvalue weighted by Crippen LogP contribution is -2.41. The second-order valence-electron chi connectivity index (χ2n) is 7.82. The quantitative estimate of drug-likeness (QED) is 0.608. The number of nitrogens with zero attached hydrogens (tertiary/aromatic N) is 4. The number of aromatic nitrogens is 1. The van der Waals surface area contributed by atoms with E-state index in [0.717, 1.165) is 31.5 Å². The first-order valence-corrected chi connectivity index (χ1v) is 9.81. The molecular formula is C20H37N5. The van der Waals surface area contributed by atoms with Crippen LogP contribution in [0.2, 0.25) is 0 Å². The number of hydrogen-bond donors (Lipinski definition) is 1. The number of guanidine groups is 1. The molecule has 1 aromatic rings. The number of hydrogen-bond acceptors (Lipinski definition) is 2. The van der Waals surface area contributed by atoms with Gasteiger partial charge in [0.05, 0.1) is 6.54 Å². The molecule has 142 valence electrons. The summed E-state index contributed by atoms with van der Waals surface area (Å²) in [6.07, 6.45) is 4.71. The molecule has 1 aromatic heterocycles. The molecule has 25 heavy (non-hydrogen) atoms. The van der Waals surface area contributed by atoms with Gasteiger partial charge >= 0.3 is 0 Å². The van der Waals surface area contributed by atoms with Gasteiger partial charge in [-0.3, -0.25) is 4.99 Å². The van der Waals surface area contributed by atoms with Crippen molar-refractivity contribution in [1.29, 1.82) is 0 Å². The van der Waals surface area contributed by atoms with Crippen molar-refractivity contribution in [2.75, 3.05) is 39.8 Å². The van der Waals surface area contributed by atoms with E-state index in [1.165, 1.54) is 38.2 Å². The Morgan fingerprint density at radius 1 is 1.44 bits per heavy atom. The maximum absolute atomic E-state index is 4.96. The summed E-state index contributed by atoms with van der Waals surface area (Å²) >= 11 is 0. The summed E-state index contributed by atoms with van der Waals surface area (Å²) in [5, 5.41) is 3.45. The van der Waals surface area contributed by atoms with Gasteiger partial charge in [-0.15, -0.1) is 0 Å². The van der Waals surface area contributed by atoms with Crippen molar-refractivity contribution in [3.05, 3.63) is 24.0 Å². The van der Waals surface area contributed by atoms with E-state index in [1.54, 1.807) is 0 Å². The molecule has 1 fully saturated rings. The van der Waals surface area contributed by atoms with Crippen LogP contribution in [-0.4, -0.2) is 60.1 Å². The van der Waals surface area contributed by atoms with Crippen molar-refractivity contribution in [3.63, 3.8) is 0 Å². The van der Waals surface area contributed by atoms with Crippen LogP contribution in [0.4, 0.5) is 0 Å². The predicted octanol–water partition coefficient (Wildman–Crippen LogP) is 2.79. The summed E-state index contributed by atoms with van der Waals surface area (Å²) in [7, 11) is 4.22. The third-order valence-electron chi connectivity index (χ3n) is 4.87. The van der Waals surface area contributed by atoms with Crippen LogP contribution in [0.25, 0.3) is 0 Å². The standard InChI is InChI=1S/C20H37N5/c1-6-21-20(24(5)16-19-10-8-11-23(19)4)22-13-18-9-7-12-25(15-18)14-17(2)3/h8,10-11,17-18H,6-7,9,12-16H2,1-5H3,(H,21,22). The molecule has 0 aliphatic carbocycles. The van der Waals surface area contributed by atoms with E-state index < -0.39 is 0 Å². The van der Waals surface area contributed by atoms with E-state index in [-0.39, 0.29) is 0 Å². The van der Waals surface area contributed by atoms with Crippen molar-refractivity contribution in [3.8, 4) is 0 Å². The van der Waals surface area contributed by atoms with Gasteiger partial charge in [-0.05, 0) is 50.3 Å². The van der Waals surface area contributed by atoms with Gasteiger partial charge in [0.25, 0.3) is 0 Å². The number of nitrogens with one attached hydrogen (secondary N) is 1. The van der Waals surface area contributed by atoms with Gasteiger partial charge in [0.1, 0.15) is 0 Å². The second kappa shape index (κ2) is 9.85. The van der Waals surface area contributed by atoms with Crippen molar-refractivity contribution in [2.24, 2.45) is 23.9 Å². The van der Waals surface area contributed by atoms with E-state index in [1.807, 2.05) is 0 Å². The van der Waals surface area contributed by atoms with Crippen molar-refractivity contribution >= 4 is 5.96 Å². The molecule has 0 spiro atoms. The number of rotatable bonds is 7. The van der Waals surface area contributed by atoms with Gasteiger partial charge in [0.15, 0.2) is 5.96 Å². The minimum absolute atomic E-state index is 0.685. The van der Waals surface area contributed by atoms with Crippen LogP contribution in [0.15, 0.2) is 23.3 Å². The van der Waals surface area contributed by atoms with Gasteiger partial charge in [0.2, 0.25) is 0 Å². The maximum Gasteiger partial charge on any atom is 0.194 e. The Morgan fingerprint density at radius 3 is 2.88 bits per heavy atom. The topological polar surface area (TPSA) is 35.8 Å². The SMILES string of the molecule is CCNC(=NCC1CCCN(CC(C)C)C1)N(C)Cc1cccn1C. The number of piperidine rings is 1. The van der Waals surface area contributed by atoms with Crippen molar-refractivity contribution in [1.82, 2.24) is 19.7 Å². The van der Waals surface area contributed by atoms with Crippen LogP contribution in [0, 0.1) is 11.8 Å². The molecule has 5 heteroatoms. The molecular weight excluding hydrogens is 310 g/mol. The molecule has 0 aromatic carbocycles. The molecule has 0 bridgehead atoms. The molecule has 2 rings (SSSR count). The highest BCUT2D eigenvalue weighted by Crippen LogP contribution is 2.18. The monoisotopic (exact) mass is 347 g/mol. The smallest absolute Gasteiger partial charge is 0.194 e. The highest BCUT2D eigenvalue weighted by molar-refractivity contribution is 5.79. The fourth-order valence-electron chi connectivity index (χ4n) is 3.65. The van der Waals surface area contributed by atoms with E-state index in [4.69, 9.17) is 4.99 Å². The first-order chi connectivity index (χ1) is 12.0. The van der Waals surface area contributed by atoms with E-state index in [9.17, 15) is 0 Å². The summed E-state index contributed by atoms with van der Waals surface area (Å²) in [6.45, 7) is 13.1. The Hall–Kier alpha value is -1.49. The van der Waals surface area contributed by atoms with E-state index >= 15 is 0 Å². The fraction of sp³-hybridized carbons (Fsp3) is 0.750. The minimum Gasteiger partial charge on any atom is -0.357 e. The molecule has 0 amide bonds. The molecule has 1 aliphatic rings. The summed E-state index contributed by atoms with van der Waals surface area (Å²) in [5.41, 5.74) is 1.30. The summed E-state index contributed by atoms with van der Waals surface area (Å²) < 4.78 is 2.17. The Bertz CT molecular complexity index is 534. The molecule has 1 atom stereocenters. The van der Waals surface area contributed by atoms with Gasteiger partial charge in [0, 0.05) is 52.2 Å². The lowest BCUT2D eigenvalue weighted by Gasteiger charge is -2.33. The molecule has 1 saturated heterocycles. The summed E-state index contributed by atoms with van der Waals surface area (Å²) in [6, 6.07) is 4.27. The van der Waals surface area contributed by atoms with Crippen LogP contribution >= 0.6 is 0 Å². The molecule has 2 heterocycles. The lowest BCUT2D eigenvalue weighted by molar-refractivity contribution is 0.162. The van der Waals surface area contributed by atoms with Crippen LogP contribution in [0.5, 0.6) is 0 Å². The minimum atomic E-state index is 0.685. The Kier molecular flexibility index (Phi) is 7.82. The summed E-state index contributed by atoms with van der Waals surface area (Å²) in [4.78, 5) is 9.81. The number of aryl methyl sites for hydroxylation is 1. The zero-order chi connectivity index (χ0) is 18.2. The maximum atomic E-state index is 4.96. The average Bonchev–Trinajstić information content (AvgIpc) is 2.96. The Balaban J connectivity index is 1.93. The van der Waals surface area contributed by atoms with Crippen LogP contribution in [0.1, 0.15) is 39.3 Å². The zero-order valence-electron chi connectivity index (χ0n) is 16.8. The van der Waals surface area contributed by atoms with Crippen molar-refractivity contribution < 1.29 is 0 Å². The predicted molar refractivity (Wildman–Crippen MR) is 107 cm³/mol. The molecule has 0 radical (unpaired) electrons. The second-order valence-corrected chi connectivity index (χ2v) is 7.82. The number of likely N-dealkylation sites (tertiary alicyclic amines) is 1. The summed E-state index contributed by atoms with van der Waals surface area (Å²) in [5.74, 6) is 2.45. The van der Waals surface area contributed by atoms with Crippen molar-refractivity contribution in [2.45, 2.75) is 40.2 Å². The highest BCUT2D eigenvalue weighted by Gasteiger charge is 2.20. The first kappa shape index (κ1) is 19.8. The molecule has 1 aliphatic heterocycles. The largest absolute Gasteiger partial charge is 0.357 e. The Labute approximate surface area is 154 Å². The van der Waals surface area contributed by atoms with E-state index in [2.05, 4.69) is 72.9 Å². The Morgan fingerprint density at radius 2 is 2.24 bits per heavy atom. The van der Waals surface area contributed by atoms with Gasteiger partial charge in [-0.25, -0.2) is 0 Å². The first-order valence-electron chi connectivity index (χ1n) is 9.81. The third-order valence-corrected chi connectivity index (χ3v) is 4.87. The average molecular weight is 348 g/mol. The zero-order valence-corrected chi connectivity index (χ0v) is 16.8. The van der Waals surface area contributed by atoms with Gasteiger partial charge in [-0.2, -0.15) is 0 Å². The van der Waals surface area contributed by atoms with Crippen LogP contribution < -0.4 is 5.32 Å².